The molecule has 0 aliphatic carbocycles. The maximum Gasteiger partial charge on any atom is 0.143 e. The molecule has 0 saturated heterocycles. The van der Waals surface area contributed by atoms with E-state index in [1.165, 1.54) is 33.0 Å². The van der Waals surface area contributed by atoms with Gasteiger partial charge in [-0.1, -0.05) is 90.5 Å². The van der Waals surface area contributed by atoms with Gasteiger partial charge in [-0.25, -0.2) is 0 Å². The van der Waals surface area contributed by atoms with E-state index in [2.05, 4.69) is 85.8 Å². The van der Waals surface area contributed by atoms with Crippen LogP contribution in [-0.2, 0) is 0 Å². The highest BCUT2D eigenvalue weighted by molar-refractivity contribution is 6.09. The summed E-state index contributed by atoms with van der Waals surface area (Å²) in [6.07, 6.45) is 0. The minimum atomic E-state index is 0.936. The third-order valence-corrected chi connectivity index (χ3v) is 4.99. The van der Waals surface area contributed by atoms with Crippen molar-refractivity contribution in [1.82, 2.24) is 0 Å². The first kappa shape index (κ1) is 15.0. The van der Waals surface area contributed by atoms with Crippen LogP contribution in [0.25, 0.3) is 44.2 Å². The van der Waals surface area contributed by atoms with Crippen LogP contribution in [-0.4, -0.2) is 0 Å². The van der Waals surface area contributed by atoms with Gasteiger partial charge in [0.15, 0.2) is 0 Å². The van der Waals surface area contributed by atoms with Crippen molar-refractivity contribution in [1.29, 1.82) is 0 Å². The molecule has 0 aliphatic rings. The third kappa shape index (κ3) is 2.41. The number of para-hydroxylation sites is 2. The minimum Gasteiger partial charge on any atom is -0.455 e. The van der Waals surface area contributed by atoms with Crippen molar-refractivity contribution in [2.75, 3.05) is 0 Å². The highest BCUT2D eigenvalue weighted by atomic mass is 16.3. The lowest BCUT2D eigenvalue weighted by molar-refractivity contribution is 0.670. The second kappa shape index (κ2) is 5.89. The Hall–Kier alpha value is -3.32. The molecule has 0 fully saturated rings. The summed E-state index contributed by atoms with van der Waals surface area (Å²) in [5.41, 5.74) is 7.94. The van der Waals surface area contributed by atoms with E-state index in [9.17, 15) is 0 Å². The molecule has 0 unspecified atom stereocenters. The van der Waals surface area contributed by atoms with Crippen LogP contribution in [0.15, 0.2) is 95.4 Å². The van der Waals surface area contributed by atoms with Gasteiger partial charge in [0.1, 0.15) is 11.2 Å². The molecule has 1 heterocycles. The molecule has 5 rings (SSSR count). The van der Waals surface area contributed by atoms with Crippen LogP contribution in [0.4, 0.5) is 0 Å². The molecule has 0 atom stereocenters. The molecule has 0 amide bonds. The van der Waals surface area contributed by atoms with Gasteiger partial charge < -0.3 is 4.42 Å². The summed E-state index contributed by atoms with van der Waals surface area (Å²) < 4.78 is 6.17. The molecule has 5 aromatic rings. The third-order valence-electron chi connectivity index (χ3n) is 4.99. The molecular weight excluding hydrogens is 316 g/mol. The molecule has 26 heavy (non-hydrogen) atoms. The quantitative estimate of drug-likeness (QED) is 0.332. The van der Waals surface area contributed by atoms with E-state index < -0.39 is 0 Å². The van der Waals surface area contributed by atoms with Crippen molar-refractivity contribution in [2.24, 2.45) is 0 Å². The van der Waals surface area contributed by atoms with Crippen molar-refractivity contribution in [2.45, 2.75) is 6.92 Å². The molecule has 0 bridgehead atoms. The van der Waals surface area contributed by atoms with Gasteiger partial charge in [0.05, 0.1) is 0 Å². The first-order chi connectivity index (χ1) is 12.8. The Labute approximate surface area is 152 Å². The molecule has 0 aliphatic heterocycles. The van der Waals surface area contributed by atoms with Gasteiger partial charge >= 0.3 is 0 Å². The minimum absolute atomic E-state index is 0.936. The molecular formula is C25H18O. The van der Waals surface area contributed by atoms with Crippen molar-refractivity contribution < 1.29 is 4.42 Å². The fourth-order valence-electron chi connectivity index (χ4n) is 3.56. The molecule has 0 spiro atoms. The number of benzene rings is 4. The lowest BCUT2D eigenvalue weighted by Crippen LogP contribution is -1.81. The maximum absolute atomic E-state index is 6.17. The van der Waals surface area contributed by atoms with Crippen molar-refractivity contribution >= 4 is 21.9 Å². The van der Waals surface area contributed by atoms with E-state index in [1.807, 2.05) is 12.1 Å². The lowest BCUT2D eigenvalue weighted by Gasteiger charge is -2.06. The fraction of sp³-hybridized carbons (Fsp3) is 0.0400. The molecule has 0 saturated carbocycles. The van der Waals surface area contributed by atoms with Crippen LogP contribution in [0.3, 0.4) is 0 Å². The average molecular weight is 334 g/mol. The number of aryl methyl sites for hydroxylation is 1. The lowest BCUT2D eigenvalue weighted by atomic mass is 9.98. The Morgan fingerprint density at radius 3 is 1.92 bits per heavy atom. The fourth-order valence-corrected chi connectivity index (χ4v) is 3.56. The average Bonchev–Trinajstić information content (AvgIpc) is 3.08. The molecule has 0 radical (unpaired) electrons. The summed E-state index contributed by atoms with van der Waals surface area (Å²) in [5, 5.41) is 2.33. The number of hydrogen-bond acceptors (Lipinski definition) is 1. The van der Waals surface area contributed by atoms with E-state index in [4.69, 9.17) is 4.42 Å². The number of hydrogen-bond donors (Lipinski definition) is 0. The number of rotatable bonds is 2. The second-order valence-electron chi connectivity index (χ2n) is 6.72. The zero-order valence-electron chi connectivity index (χ0n) is 14.6. The number of furan rings is 1. The highest BCUT2D eigenvalue weighted by Gasteiger charge is 2.11. The van der Waals surface area contributed by atoms with Crippen LogP contribution in [0.5, 0.6) is 0 Å². The van der Waals surface area contributed by atoms with Gasteiger partial charge in [-0.3, -0.25) is 0 Å². The molecule has 0 N–H and O–H groups in total. The predicted octanol–water partition coefficient (Wildman–Crippen LogP) is 7.23. The molecule has 1 aromatic heterocycles. The normalized spacial score (nSPS) is 11.3. The van der Waals surface area contributed by atoms with Crippen LogP contribution >= 0.6 is 0 Å². The van der Waals surface area contributed by atoms with Crippen LogP contribution in [0.2, 0.25) is 0 Å². The monoisotopic (exact) mass is 334 g/mol. The van der Waals surface area contributed by atoms with Gasteiger partial charge in [-0.05, 0) is 29.7 Å². The SMILES string of the molecule is Cc1ccc(-c2ccc(-c3cccc4c3oc3ccccc34)cc2)cc1. The standard InChI is InChI=1S/C25H18O/c1-17-9-11-18(12-10-17)19-13-15-20(16-14-19)21-6-4-7-23-22-5-2-3-8-24(22)26-25(21)23/h2-16H,1H3. The van der Waals surface area contributed by atoms with Crippen LogP contribution in [0.1, 0.15) is 5.56 Å². The first-order valence-electron chi connectivity index (χ1n) is 8.87. The van der Waals surface area contributed by atoms with Gasteiger partial charge in [0.2, 0.25) is 0 Å². The first-order valence-corrected chi connectivity index (χ1v) is 8.87. The van der Waals surface area contributed by atoms with Gasteiger partial charge in [-0.2, -0.15) is 0 Å². The Kier molecular flexibility index (Phi) is 3.39. The number of fused-ring (bicyclic) bond motifs is 3. The molecule has 1 heteroatoms. The van der Waals surface area contributed by atoms with Crippen molar-refractivity contribution in [3.63, 3.8) is 0 Å². The molecule has 4 aromatic carbocycles. The molecule has 1 nitrogen and oxygen atoms in total. The Morgan fingerprint density at radius 2 is 1.15 bits per heavy atom. The van der Waals surface area contributed by atoms with E-state index in [-0.39, 0.29) is 0 Å². The van der Waals surface area contributed by atoms with Gasteiger partial charge in [0, 0.05) is 16.3 Å². The van der Waals surface area contributed by atoms with Crippen LogP contribution < -0.4 is 0 Å². The van der Waals surface area contributed by atoms with Gasteiger partial charge in [0.25, 0.3) is 0 Å². The predicted molar refractivity (Wildman–Crippen MR) is 109 cm³/mol. The van der Waals surface area contributed by atoms with Gasteiger partial charge in [-0.15, -0.1) is 0 Å². The van der Waals surface area contributed by atoms with E-state index in [0.717, 1.165) is 16.7 Å². The zero-order valence-corrected chi connectivity index (χ0v) is 14.6. The Balaban J connectivity index is 1.62. The molecule has 124 valence electrons. The summed E-state index contributed by atoms with van der Waals surface area (Å²) in [6.45, 7) is 2.11. The summed E-state index contributed by atoms with van der Waals surface area (Å²) >= 11 is 0. The van der Waals surface area contributed by atoms with E-state index in [0.29, 0.717) is 0 Å². The second-order valence-corrected chi connectivity index (χ2v) is 6.72. The summed E-state index contributed by atoms with van der Waals surface area (Å²) in [4.78, 5) is 0. The van der Waals surface area contributed by atoms with E-state index in [1.54, 1.807) is 0 Å². The summed E-state index contributed by atoms with van der Waals surface area (Å²) in [7, 11) is 0. The Morgan fingerprint density at radius 1 is 0.538 bits per heavy atom. The topological polar surface area (TPSA) is 13.1 Å². The summed E-state index contributed by atoms with van der Waals surface area (Å²) in [6, 6.07) is 31.9. The van der Waals surface area contributed by atoms with Crippen molar-refractivity contribution in [3.05, 3.63) is 96.6 Å². The summed E-state index contributed by atoms with van der Waals surface area (Å²) in [5.74, 6) is 0. The Bertz CT molecular complexity index is 1210. The van der Waals surface area contributed by atoms with E-state index >= 15 is 0 Å². The zero-order chi connectivity index (χ0) is 17.5. The largest absolute Gasteiger partial charge is 0.455 e. The van der Waals surface area contributed by atoms with Crippen LogP contribution in [0, 0.1) is 6.92 Å². The smallest absolute Gasteiger partial charge is 0.143 e. The highest BCUT2D eigenvalue weighted by Crippen LogP contribution is 2.36. The maximum atomic E-state index is 6.17. The van der Waals surface area contributed by atoms with Crippen molar-refractivity contribution in [3.8, 4) is 22.3 Å².